The fourth-order valence-electron chi connectivity index (χ4n) is 1.88. The van der Waals surface area contributed by atoms with E-state index in [1.54, 1.807) is 7.11 Å². The number of nitrogens with two attached hydrogens (primary N) is 1. The minimum absolute atomic E-state index is 0.280. The molecule has 0 spiro atoms. The van der Waals surface area contributed by atoms with E-state index in [1.165, 1.54) is 0 Å². The topological polar surface area (TPSA) is 85.4 Å². The zero-order valence-electron chi connectivity index (χ0n) is 12.4. The van der Waals surface area contributed by atoms with Crippen LogP contribution in [-0.2, 0) is 6.54 Å². The third-order valence-corrected chi connectivity index (χ3v) is 2.79. The first kappa shape index (κ1) is 14.8. The van der Waals surface area contributed by atoms with Gasteiger partial charge in [-0.1, -0.05) is 12.1 Å². The summed E-state index contributed by atoms with van der Waals surface area (Å²) in [5, 5.41) is 2.90. The van der Waals surface area contributed by atoms with Gasteiger partial charge in [0.05, 0.1) is 13.7 Å². The van der Waals surface area contributed by atoms with Gasteiger partial charge in [0.15, 0.2) is 5.96 Å². The van der Waals surface area contributed by atoms with Crippen molar-refractivity contribution in [2.24, 2.45) is 10.7 Å². The van der Waals surface area contributed by atoms with Crippen LogP contribution < -0.4 is 15.8 Å². The van der Waals surface area contributed by atoms with Crippen LogP contribution in [-0.4, -0.2) is 23.0 Å². The van der Waals surface area contributed by atoms with Gasteiger partial charge in [0.25, 0.3) is 0 Å². The summed E-state index contributed by atoms with van der Waals surface area (Å²) in [6.45, 7) is 4.27. The summed E-state index contributed by atoms with van der Waals surface area (Å²) >= 11 is 0. The van der Waals surface area contributed by atoms with E-state index >= 15 is 0 Å². The minimum atomic E-state index is 0.280. The van der Waals surface area contributed by atoms with Crippen molar-refractivity contribution in [2.75, 3.05) is 12.4 Å². The molecule has 0 radical (unpaired) electrons. The molecule has 6 heteroatoms. The maximum absolute atomic E-state index is 5.85. The van der Waals surface area contributed by atoms with E-state index in [2.05, 4.69) is 20.3 Å². The minimum Gasteiger partial charge on any atom is -0.497 e. The normalized spacial score (nSPS) is 11.3. The molecule has 3 N–H and O–H groups in total. The number of benzene rings is 1. The van der Waals surface area contributed by atoms with Crippen molar-refractivity contribution < 1.29 is 4.74 Å². The Kier molecular flexibility index (Phi) is 4.71. The molecule has 0 aliphatic carbocycles. The quantitative estimate of drug-likeness (QED) is 0.663. The van der Waals surface area contributed by atoms with Crippen LogP contribution in [0.5, 0.6) is 5.75 Å². The number of hydrogen-bond donors (Lipinski definition) is 2. The largest absolute Gasteiger partial charge is 0.497 e. The zero-order valence-corrected chi connectivity index (χ0v) is 12.4. The maximum atomic E-state index is 5.85. The highest BCUT2D eigenvalue weighted by Crippen LogP contribution is 2.13. The van der Waals surface area contributed by atoms with E-state index in [0.717, 1.165) is 22.7 Å². The van der Waals surface area contributed by atoms with Crippen LogP contribution in [0.4, 0.5) is 5.95 Å². The van der Waals surface area contributed by atoms with Crippen molar-refractivity contribution >= 4 is 11.9 Å². The Morgan fingerprint density at radius 3 is 2.62 bits per heavy atom. The van der Waals surface area contributed by atoms with E-state index in [0.29, 0.717) is 12.5 Å². The predicted molar refractivity (Wildman–Crippen MR) is 83.4 cm³/mol. The van der Waals surface area contributed by atoms with Gasteiger partial charge < -0.3 is 10.5 Å². The van der Waals surface area contributed by atoms with Crippen LogP contribution in [0.1, 0.15) is 17.0 Å². The summed E-state index contributed by atoms with van der Waals surface area (Å²) < 4.78 is 5.17. The molecule has 0 aliphatic rings. The molecule has 21 heavy (non-hydrogen) atoms. The lowest BCUT2D eigenvalue weighted by atomic mass is 10.2. The van der Waals surface area contributed by atoms with Crippen molar-refractivity contribution in [3.05, 3.63) is 47.3 Å². The number of methoxy groups -OCH3 is 1. The molecule has 1 heterocycles. The second kappa shape index (κ2) is 6.69. The number of rotatable bonds is 4. The van der Waals surface area contributed by atoms with Gasteiger partial charge in [-0.25, -0.2) is 15.0 Å². The van der Waals surface area contributed by atoms with Gasteiger partial charge in [-0.15, -0.1) is 0 Å². The summed E-state index contributed by atoms with van der Waals surface area (Å²) in [6, 6.07) is 9.59. The Morgan fingerprint density at radius 1 is 1.24 bits per heavy atom. The SMILES string of the molecule is COc1cccc(CN=C(N)Nc2nc(C)cc(C)n2)c1. The lowest BCUT2D eigenvalue weighted by Gasteiger charge is -2.06. The molecule has 2 rings (SSSR count). The fourth-order valence-corrected chi connectivity index (χ4v) is 1.88. The standard InChI is InChI=1S/C15H19N5O/c1-10-7-11(2)19-15(18-10)20-14(16)17-9-12-5-4-6-13(8-12)21-3/h4-8H,9H2,1-3H3,(H3,16,17,18,19,20). The molecule has 2 aromatic rings. The van der Waals surface area contributed by atoms with E-state index in [9.17, 15) is 0 Å². The first-order valence-corrected chi connectivity index (χ1v) is 6.59. The van der Waals surface area contributed by atoms with Crippen molar-refractivity contribution in [3.63, 3.8) is 0 Å². The molecule has 0 unspecified atom stereocenters. The predicted octanol–water partition coefficient (Wildman–Crippen LogP) is 2.03. The van der Waals surface area contributed by atoms with Crippen molar-refractivity contribution in [3.8, 4) is 5.75 Å². The second-order valence-electron chi connectivity index (χ2n) is 4.65. The highest BCUT2D eigenvalue weighted by molar-refractivity contribution is 5.90. The molecular weight excluding hydrogens is 266 g/mol. The van der Waals surface area contributed by atoms with Gasteiger partial charge in [-0.3, -0.25) is 5.32 Å². The second-order valence-corrected chi connectivity index (χ2v) is 4.65. The molecule has 0 saturated carbocycles. The summed E-state index contributed by atoms with van der Waals surface area (Å²) in [6.07, 6.45) is 0. The number of aromatic nitrogens is 2. The Morgan fingerprint density at radius 2 is 1.95 bits per heavy atom. The lowest BCUT2D eigenvalue weighted by molar-refractivity contribution is 0.414. The van der Waals surface area contributed by atoms with Crippen LogP contribution in [0.3, 0.4) is 0 Å². The smallest absolute Gasteiger partial charge is 0.229 e. The van der Waals surface area contributed by atoms with Crippen LogP contribution in [0.25, 0.3) is 0 Å². The third-order valence-electron chi connectivity index (χ3n) is 2.79. The van der Waals surface area contributed by atoms with E-state index < -0.39 is 0 Å². The fraction of sp³-hybridized carbons (Fsp3) is 0.267. The van der Waals surface area contributed by atoms with Crippen LogP contribution in [0, 0.1) is 13.8 Å². The van der Waals surface area contributed by atoms with E-state index in [4.69, 9.17) is 10.5 Å². The zero-order chi connectivity index (χ0) is 15.2. The summed E-state index contributed by atoms with van der Waals surface area (Å²) in [5.74, 6) is 1.54. The first-order chi connectivity index (χ1) is 10.1. The van der Waals surface area contributed by atoms with Gasteiger partial charge in [-0.05, 0) is 37.6 Å². The molecular formula is C15H19N5O. The Balaban J connectivity index is 2.03. The molecule has 6 nitrogen and oxygen atoms in total. The molecule has 110 valence electrons. The number of guanidine groups is 1. The van der Waals surface area contributed by atoms with Crippen LogP contribution in [0.2, 0.25) is 0 Å². The molecule has 1 aromatic carbocycles. The van der Waals surface area contributed by atoms with Gasteiger partial charge in [0, 0.05) is 11.4 Å². The van der Waals surface area contributed by atoms with Gasteiger partial charge in [0.2, 0.25) is 5.95 Å². The van der Waals surface area contributed by atoms with Crippen LogP contribution >= 0.6 is 0 Å². The average Bonchev–Trinajstić information content (AvgIpc) is 2.44. The number of aliphatic imine (C=N–C) groups is 1. The number of nitrogens with zero attached hydrogens (tertiary/aromatic N) is 3. The first-order valence-electron chi connectivity index (χ1n) is 6.59. The van der Waals surface area contributed by atoms with Gasteiger partial charge >= 0.3 is 0 Å². The Bertz CT molecular complexity index is 634. The Hall–Kier alpha value is -2.63. The van der Waals surface area contributed by atoms with Crippen molar-refractivity contribution in [1.29, 1.82) is 0 Å². The summed E-state index contributed by atoms with van der Waals surface area (Å²) in [5.41, 5.74) is 8.63. The number of anilines is 1. The molecule has 0 aliphatic heterocycles. The third kappa shape index (κ3) is 4.45. The highest BCUT2D eigenvalue weighted by atomic mass is 16.5. The van der Waals surface area contributed by atoms with Gasteiger partial charge in [0.1, 0.15) is 5.75 Å². The molecule has 0 atom stereocenters. The number of aryl methyl sites for hydroxylation is 2. The van der Waals surface area contributed by atoms with E-state index in [-0.39, 0.29) is 5.96 Å². The van der Waals surface area contributed by atoms with Gasteiger partial charge in [-0.2, -0.15) is 0 Å². The number of nitrogens with one attached hydrogen (secondary N) is 1. The maximum Gasteiger partial charge on any atom is 0.229 e. The molecule has 1 aromatic heterocycles. The number of ether oxygens (including phenoxy) is 1. The van der Waals surface area contributed by atoms with Crippen LogP contribution in [0.15, 0.2) is 35.3 Å². The highest BCUT2D eigenvalue weighted by Gasteiger charge is 2.01. The summed E-state index contributed by atoms with van der Waals surface area (Å²) in [7, 11) is 1.63. The molecule has 0 bridgehead atoms. The molecule has 0 saturated heterocycles. The average molecular weight is 285 g/mol. The number of hydrogen-bond acceptors (Lipinski definition) is 4. The van der Waals surface area contributed by atoms with Crippen molar-refractivity contribution in [2.45, 2.75) is 20.4 Å². The van der Waals surface area contributed by atoms with Crippen molar-refractivity contribution in [1.82, 2.24) is 9.97 Å². The Labute approximate surface area is 124 Å². The summed E-state index contributed by atoms with van der Waals surface area (Å²) in [4.78, 5) is 12.8. The molecule has 0 amide bonds. The molecule has 0 fully saturated rings. The van der Waals surface area contributed by atoms with E-state index in [1.807, 2.05) is 44.2 Å². The lowest BCUT2D eigenvalue weighted by Crippen LogP contribution is -2.24. The monoisotopic (exact) mass is 285 g/mol.